The molecule has 0 fully saturated rings. The van der Waals surface area contributed by atoms with Crippen molar-refractivity contribution in [3.63, 3.8) is 0 Å². The van der Waals surface area contributed by atoms with Crippen LogP contribution in [0.15, 0.2) is 18.2 Å². The lowest BCUT2D eigenvalue weighted by Gasteiger charge is -2.16. The molecular weight excluding hydrogens is 218 g/mol. The van der Waals surface area contributed by atoms with Gasteiger partial charge >= 0.3 is 0 Å². The van der Waals surface area contributed by atoms with Crippen LogP contribution in [0.5, 0.6) is 11.5 Å². The Morgan fingerprint density at radius 2 is 2.06 bits per heavy atom. The second-order valence-corrected chi connectivity index (χ2v) is 4.24. The molecule has 96 valence electrons. The molecule has 1 rings (SSSR count). The highest BCUT2D eigenvalue weighted by molar-refractivity contribution is 5.42. The first-order valence-electron chi connectivity index (χ1n) is 5.83. The van der Waals surface area contributed by atoms with Gasteiger partial charge in [0.1, 0.15) is 0 Å². The van der Waals surface area contributed by atoms with Crippen molar-refractivity contribution >= 4 is 0 Å². The van der Waals surface area contributed by atoms with Gasteiger partial charge in [-0.1, -0.05) is 6.07 Å². The Morgan fingerprint density at radius 3 is 2.65 bits per heavy atom. The van der Waals surface area contributed by atoms with Crippen molar-refractivity contribution in [1.82, 2.24) is 5.32 Å². The van der Waals surface area contributed by atoms with Gasteiger partial charge in [-0.25, -0.2) is 0 Å². The Labute approximate surface area is 102 Å². The van der Waals surface area contributed by atoms with Crippen LogP contribution in [0, 0.1) is 0 Å². The maximum Gasteiger partial charge on any atom is 0.160 e. The van der Waals surface area contributed by atoms with E-state index in [1.807, 2.05) is 19.1 Å². The van der Waals surface area contributed by atoms with Crippen LogP contribution in [-0.4, -0.2) is 30.0 Å². The number of rotatable bonds is 6. The van der Waals surface area contributed by atoms with Crippen LogP contribution in [0.1, 0.15) is 31.9 Å². The van der Waals surface area contributed by atoms with Gasteiger partial charge in [0.05, 0.1) is 13.2 Å². The molecule has 0 bridgehead atoms. The molecule has 1 aromatic carbocycles. The summed E-state index contributed by atoms with van der Waals surface area (Å²) in [5.41, 5.74) is 1.05. The molecule has 1 aromatic rings. The summed E-state index contributed by atoms with van der Waals surface area (Å²) in [4.78, 5) is 0. The first kappa shape index (κ1) is 13.8. The molecule has 0 aliphatic carbocycles. The molecule has 0 aliphatic heterocycles. The van der Waals surface area contributed by atoms with Crippen molar-refractivity contribution in [1.29, 1.82) is 0 Å². The Morgan fingerprint density at radius 1 is 1.35 bits per heavy atom. The van der Waals surface area contributed by atoms with Crippen LogP contribution >= 0.6 is 0 Å². The normalized spacial score (nSPS) is 14.4. The van der Waals surface area contributed by atoms with E-state index in [9.17, 15) is 5.11 Å². The molecular formula is C13H21NO3. The standard InChI is InChI=1S/C13H21NO3/c1-9(15)6-7-14-10(2)11-4-5-12(16)13(8-11)17-3/h4-5,8-10,14-16H,6-7H2,1-3H3. The summed E-state index contributed by atoms with van der Waals surface area (Å²) >= 11 is 0. The fourth-order valence-corrected chi connectivity index (χ4v) is 1.59. The Balaban J connectivity index is 2.59. The third-order valence-electron chi connectivity index (χ3n) is 2.72. The highest BCUT2D eigenvalue weighted by atomic mass is 16.5. The van der Waals surface area contributed by atoms with E-state index in [0.29, 0.717) is 5.75 Å². The lowest BCUT2D eigenvalue weighted by atomic mass is 10.1. The molecule has 0 aliphatic rings. The lowest BCUT2D eigenvalue weighted by molar-refractivity contribution is 0.182. The van der Waals surface area contributed by atoms with Gasteiger partial charge in [-0.05, 0) is 44.5 Å². The van der Waals surface area contributed by atoms with Crippen molar-refractivity contribution in [2.45, 2.75) is 32.4 Å². The highest BCUT2D eigenvalue weighted by Crippen LogP contribution is 2.28. The molecule has 0 amide bonds. The second-order valence-electron chi connectivity index (χ2n) is 4.24. The predicted octanol–water partition coefficient (Wildman–Crippen LogP) is 1.82. The van der Waals surface area contributed by atoms with Crippen molar-refractivity contribution in [2.75, 3.05) is 13.7 Å². The summed E-state index contributed by atoms with van der Waals surface area (Å²) in [6.45, 7) is 4.56. The average Bonchev–Trinajstić information content (AvgIpc) is 2.29. The zero-order chi connectivity index (χ0) is 12.8. The van der Waals surface area contributed by atoms with E-state index in [0.717, 1.165) is 18.5 Å². The summed E-state index contributed by atoms with van der Waals surface area (Å²) in [6, 6.07) is 5.46. The maximum atomic E-state index is 9.49. The highest BCUT2D eigenvalue weighted by Gasteiger charge is 2.08. The van der Waals surface area contributed by atoms with Crippen molar-refractivity contribution in [3.05, 3.63) is 23.8 Å². The summed E-state index contributed by atoms with van der Waals surface area (Å²) in [7, 11) is 1.53. The van der Waals surface area contributed by atoms with Crippen LogP contribution < -0.4 is 10.1 Å². The van der Waals surface area contributed by atoms with Gasteiger partial charge in [0.25, 0.3) is 0 Å². The third kappa shape index (κ3) is 4.24. The minimum absolute atomic E-state index is 0.146. The van der Waals surface area contributed by atoms with E-state index in [1.54, 1.807) is 13.0 Å². The smallest absolute Gasteiger partial charge is 0.160 e. The Kier molecular flexibility index (Phi) is 5.25. The third-order valence-corrected chi connectivity index (χ3v) is 2.72. The number of aromatic hydroxyl groups is 1. The second kappa shape index (κ2) is 6.47. The zero-order valence-electron chi connectivity index (χ0n) is 10.6. The fraction of sp³-hybridized carbons (Fsp3) is 0.538. The summed E-state index contributed by atoms with van der Waals surface area (Å²) in [6.07, 6.45) is 0.434. The van der Waals surface area contributed by atoms with Crippen LogP contribution in [-0.2, 0) is 0 Å². The SMILES string of the molecule is COc1cc(C(C)NCCC(C)O)ccc1O. The summed E-state index contributed by atoms with van der Waals surface area (Å²) < 4.78 is 5.06. The minimum atomic E-state index is -0.288. The number of phenolic OH excluding ortho intramolecular Hbond substituents is 1. The number of methoxy groups -OCH3 is 1. The minimum Gasteiger partial charge on any atom is -0.504 e. The van der Waals surface area contributed by atoms with Gasteiger partial charge in [-0.15, -0.1) is 0 Å². The number of benzene rings is 1. The summed E-state index contributed by atoms with van der Waals surface area (Å²) in [5.74, 6) is 0.624. The maximum absolute atomic E-state index is 9.49. The predicted molar refractivity (Wildman–Crippen MR) is 67.4 cm³/mol. The number of aliphatic hydroxyl groups is 1. The Hall–Kier alpha value is -1.26. The molecule has 2 atom stereocenters. The number of hydrogen-bond donors (Lipinski definition) is 3. The van der Waals surface area contributed by atoms with E-state index >= 15 is 0 Å². The molecule has 4 heteroatoms. The molecule has 3 N–H and O–H groups in total. The fourth-order valence-electron chi connectivity index (χ4n) is 1.59. The van der Waals surface area contributed by atoms with Gasteiger partial charge in [0.2, 0.25) is 0 Å². The van der Waals surface area contributed by atoms with Crippen molar-refractivity contribution in [2.24, 2.45) is 0 Å². The quantitative estimate of drug-likeness (QED) is 0.708. The van der Waals surface area contributed by atoms with Crippen LogP contribution in [0.3, 0.4) is 0 Å². The van der Waals surface area contributed by atoms with E-state index in [2.05, 4.69) is 5.32 Å². The number of phenols is 1. The Bertz CT molecular complexity index is 353. The van der Waals surface area contributed by atoms with E-state index in [1.165, 1.54) is 7.11 Å². The summed E-state index contributed by atoms with van der Waals surface area (Å²) in [5, 5.41) is 22.0. The molecule has 0 saturated carbocycles. The largest absolute Gasteiger partial charge is 0.504 e. The molecule has 0 aromatic heterocycles. The topological polar surface area (TPSA) is 61.7 Å². The van der Waals surface area contributed by atoms with Gasteiger partial charge in [-0.2, -0.15) is 0 Å². The number of nitrogens with one attached hydrogen (secondary N) is 1. The molecule has 0 heterocycles. The lowest BCUT2D eigenvalue weighted by Crippen LogP contribution is -2.22. The monoisotopic (exact) mass is 239 g/mol. The number of aliphatic hydroxyl groups excluding tert-OH is 1. The van der Waals surface area contributed by atoms with Crippen LogP contribution in [0.4, 0.5) is 0 Å². The molecule has 4 nitrogen and oxygen atoms in total. The van der Waals surface area contributed by atoms with Gasteiger partial charge < -0.3 is 20.3 Å². The first-order chi connectivity index (χ1) is 8.04. The van der Waals surface area contributed by atoms with Gasteiger partial charge in [0.15, 0.2) is 11.5 Å². The van der Waals surface area contributed by atoms with Gasteiger partial charge in [-0.3, -0.25) is 0 Å². The zero-order valence-corrected chi connectivity index (χ0v) is 10.6. The number of hydrogen-bond acceptors (Lipinski definition) is 4. The van der Waals surface area contributed by atoms with Gasteiger partial charge in [0, 0.05) is 6.04 Å². The number of ether oxygens (including phenoxy) is 1. The van der Waals surface area contributed by atoms with E-state index < -0.39 is 0 Å². The molecule has 2 unspecified atom stereocenters. The van der Waals surface area contributed by atoms with Crippen molar-refractivity contribution in [3.8, 4) is 11.5 Å². The van der Waals surface area contributed by atoms with Crippen molar-refractivity contribution < 1.29 is 14.9 Å². The van der Waals surface area contributed by atoms with E-state index in [-0.39, 0.29) is 17.9 Å². The molecule has 17 heavy (non-hydrogen) atoms. The molecule has 0 saturated heterocycles. The average molecular weight is 239 g/mol. The molecule has 0 spiro atoms. The molecule has 0 radical (unpaired) electrons. The van der Waals surface area contributed by atoms with Crippen LogP contribution in [0.25, 0.3) is 0 Å². The first-order valence-corrected chi connectivity index (χ1v) is 5.83. The van der Waals surface area contributed by atoms with E-state index in [4.69, 9.17) is 9.84 Å². The van der Waals surface area contributed by atoms with Crippen LogP contribution in [0.2, 0.25) is 0 Å².